The largest absolute Gasteiger partial charge is 0.490 e. The first-order chi connectivity index (χ1) is 12.1. The number of carbonyl (C=O) groups is 1. The van der Waals surface area contributed by atoms with Crippen LogP contribution in [0.15, 0.2) is 54.6 Å². The highest BCUT2D eigenvalue weighted by molar-refractivity contribution is 6.06. The van der Waals surface area contributed by atoms with Crippen molar-refractivity contribution in [3.63, 3.8) is 0 Å². The summed E-state index contributed by atoms with van der Waals surface area (Å²) >= 11 is 0. The van der Waals surface area contributed by atoms with Crippen molar-refractivity contribution in [3.8, 4) is 11.5 Å². The van der Waals surface area contributed by atoms with E-state index < -0.39 is 5.97 Å². The normalized spacial score (nSPS) is 10.6. The predicted octanol–water partition coefficient (Wildman–Crippen LogP) is 4.61. The summed E-state index contributed by atoms with van der Waals surface area (Å²) in [5, 5.41) is 11.1. The van der Waals surface area contributed by atoms with Gasteiger partial charge in [0.1, 0.15) is 30.3 Å². The number of carboxylic acids is 1. The zero-order valence-electron chi connectivity index (χ0n) is 14.3. The molecule has 0 saturated heterocycles. The fourth-order valence-electron chi connectivity index (χ4n) is 2.78. The number of aromatic carboxylic acids is 1. The van der Waals surface area contributed by atoms with E-state index in [0.29, 0.717) is 17.7 Å². The van der Waals surface area contributed by atoms with Gasteiger partial charge in [0.25, 0.3) is 0 Å². The Morgan fingerprint density at radius 3 is 2.36 bits per heavy atom. The van der Waals surface area contributed by atoms with Gasteiger partial charge in [-0.1, -0.05) is 42.5 Å². The average Bonchev–Trinajstić information content (AvgIpc) is 2.61. The minimum atomic E-state index is -0.998. The fraction of sp³-hybridized carbons (Fsp3) is 0.190. The molecule has 0 bridgehead atoms. The molecule has 0 amide bonds. The minimum absolute atomic E-state index is 0.185. The Morgan fingerprint density at radius 1 is 0.880 bits per heavy atom. The lowest BCUT2D eigenvalue weighted by Gasteiger charge is -2.13. The van der Waals surface area contributed by atoms with Crippen LogP contribution in [0.4, 0.5) is 0 Å². The first-order valence-corrected chi connectivity index (χ1v) is 8.15. The van der Waals surface area contributed by atoms with Crippen molar-refractivity contribution in [1.82, 2.24) is 0 Å². The molecule has 0 fully saturated rings. The van der Waals surface area contributed by atoms with Crippen LogP contribution >= 0.6 is 0 Å². The van der Waals surface area contributed by atoms with Crippen molar-refractivity contribution in [3.05, 3.63) is 71.3 Å². The lowest BCUT2D eigenvalue weighted by Crippen LogP contribution is -2.12. The summed E-state index contributed by atoms with van der Waals surface area (Å²) in [6.07, 6.45) is 0. The predicted molar refractivity (Wildman–Crippen MR) is 97.8 cm³/mol. The van der Waals surface area contributed by atoms with Crippen molar-refractivity contribution in [1.29, 1.82) is 0 Å². The van der Waals surface area contributed by atoms with Crippen LogP contribution in [0, 0.1) is 13.8 Å². The van der Waals surface area contributed by atoms with E-state index in [1.54, 1.807) is 12.1 Å². The maximum atomic E-state index is 11.7. The molecule has 0 radical (unpaired) electrons. The maximum absolute atomic E-state index is 11.7. The summed E-state index contributed by atoms with van der Waals surface area (Å²) < 4.78 is 11.4. The molecule has 0 unspecified atom stereocenters. The number of hydrogen-bond acceptors (Lipinski definition) is 3. The highest BCUT2D eigenvalue weighted by Gasteiger charge is 2.15. The molecule has 0 aromatic heterocycles. The van der Waals surface area contributed by atoms with Gasteiger partial charge in [-0.2, -0.15) is 0 Å². The first-order valence-electron chi connectivity index (χ1n) is 8.15. The fourth-order valence-corrected chi connectivity index (χ4v) is 2.78. The number of aryl methyl sites for hydroxylation is 1. The lowest BCUT2D eigenvalue weighted by atomic mass is 10.0. The lowest BCUT2D eigenvalue weighted by molar-refractivity contribution is 0.0693. The van der Waals surface area contributed by atoms with Crippen molar-refractivity contribution in [2.24, 2.45) is 0 Å². The van der Waals surface area contributed by atoms with Crippen LogP contribution in [0.2, 0.25) is 0 Å². The van der Waals surface area contributed by atoms with Crippen LogP contribution < -0.4 is 9.47 Å². The molecule has 0 aliphatic carbocycles. The second kappa shape index (κ2) is 7.26. The zero-order valence-corrected chi connectivity index (χ0v) is 14.3. The van der Waals surface area contributed by atoms with Gasteiger partial charge in [0.05, 0.1) is 0 Å². The molecule has 0 saturated carbocycles. The van der Waals surface area contributed by atoms with E-state index >= 15 is 0 Å². The van der Waals surface area contributed by atoms with Crippen LogP contribution in [-0.4, -0.2) is 24.3 Å². The van der Waals surface area contributed by atoms with Crippen molar-refractivity contribution in [2.45, 2.75) is 13.8 Å². The number of ether oxygens (including phenoxy) is 2. The highest BCUT2D eigenvalue weighted by Crippen LogP contribution is 2.28. The summed E-state index contributed by atoms with van der Waals surface area (Å²) in [4.78, 5) is 11.7. The van der Waals surface area contributed by atoms with Gasteiger partial charge < -0.3 is 14.6 Å². The SMILES string of the molecule is Cc1cccc(OCCOc2ccc3ccccc3c2C(=O)O)c1C. The molecule has 0 aliphatic heterocycles. The van der Waals surface area contributed by atoms with Crippen LogP contribution in [-0.2, 0) is 0 Å². The maximum Gasteiger partial charge on any atom is 0.340 e. The molecule has 3 rings (SSSR count). The third-order valence-corrected chi connectivity index (χ3v) is 4.26. The highest BCUT2D eigenvalue weighted by atomic mass is 16.5. The Labute approximate surface area is 146 Å². The van der Waals surface area contributed by atoms with Gasteiger partial charge in [-0.15, -0.1) is 0 Å². The van der Waals surface area contributed by atoms with Crippen molar-refractivity contribution < 1.29 is 19.4 Å². The molecular weight excluding hydrogens is 316 g/mol. The molecule has 3 aromatic rings. The molecule has 4 heteroatoms. The third kappa shape index (κ3) is 3.58. The van der Waals surface area contributed by atoms with E-state index in [-0.39, 0.29) is 12.2 Å². The second-order valence-electron chi connectivity index (χ2n) is 5.86. The smallest absolute Gasteiger partial charge is 0.340 e. The third-order valence-electron chi connectivity index (χ3n) is 4.26. The van der Waals surface area contributed by atoms with Crippen molar-refractivity contribution in [2.75, 3.05) is 13.2 Å². The van der Waals surface area contributed by atoms with Crippen molar-refractivity contribution >= 4 is 16.7 Å². The van der Waals surface area contributed by atoms with Gasteiger partial charge in [0.2, 0.25) is 0 Å². The molecular formula is C21H20O4. The van der Waals surface area contributed by atoms with Gasteiger partial charge in [-0.25, -0.2) is 4.79 Å². The average molecular weight is 336 g/mol. The molecule has 0 spiro atoms. The topological polar surface area (TPSA) is 55.8 Å². The molecule has 0 aliphatic rings. The second-order valence-corrected chi connectivity index (χ2v) is 5.86. The van der Waals surface area contributed by atoms with Crippen LogP contribution in [0.5, 0.6) is 11.5 Å². The zero-order chi connectivity index (χ0) is 17.8. The van der Waals surface area contributed by atoms with E-state index in [2.05, 4.69) is 0 Å². The molecule has 4 nitrogen and oxygen atoms in total. The summed E-state index contributed by atoms with van der Waals surface area (Å²) in [6.45, 7) is 4.66. The Morgan fingerprint density at radius 2 is 1.60 bits per heavy atom. The van der Waals surface area contributed by atoms with E-state index in [9.17, 15) is 9.90 Å². The minimum Gasteiger partial charge on any atom is -0.490 e. The molecule has 3 aromatic carbocycles. The van der Waals surface area contributed by atoms with Crippen LogP contribution in [0.3, 0.4) is 0 Å². The van der Waals surface area contributed by atoms with Gasteiger partial charge in [0, 0.05) is 0 Å². The van der Waals surface area contributed by atoms with Gasteiger partial charge in [0.15, 0.2) is 0 Å². The van der Waals surface area contributed by atoms with Crippen LogP contribution in [0.1, 0.15) is 21.5 Å². The van der Waals surface area contributed by atoms with Gasteiger partial charge >= 0.3 is 5.97 Å². The first kappa shape index (κ1) is 16.8. The standard InChI is InChI=1S/C21H20O4/c1-14-6-5-9-18(15(14)2)24-12-13-25-19-11-10-16-7-3-4-8-17(16)20(19)21(22)23/h3-11H,12-13H2,1-2H3,(H,22,23). The van der Waals surface area contributed by atoms with Crippen LogP contribution in [0.25, 0.3) is 10.8 Å². The van der Waals surface area contributed by atoms with E-state index in [1.807, 2.05) is 56.3 Å². The Bertz CT molecular complexity index is 915. The molecule has 25 heavy (non-hydrogen) atoms. The summed E-state index contributed by atoms with van der Waals surface area (Å²) in [7, 11) is 0. The molecule has 0 heterocycles. The quantitative estimate of drug-likeness (QED) is 0.668. The van der Waals surface area contributed by atoms with E-state index in [0.717, 1.165) is 16.7 Å². The molecule has 0 atom stereocenters. The number of benzene rings is 3. The monoisotopic (exact) mass is 336 g/mol. The van der Waals surface area contributed by atoms with E-state index in [1.165, 1.54) is 5.56 Å². The summed E-state index contributed by atoms with van der Waals surface area (Å²) in [6, 6.07) is 16.8. The Kier molecular flexibility index (Phi) is 4.89. The molecule has 128 valence electrons. The van der Waals surface area contributed by atoms with Gasteiger partial charge in [-0.05, 0) is 47.9 Å². The number of rotatable bonds is 6. The number of fused-ring (bicyclic) bond motifs is 1. The summed E-state index contributed by atoms with van der Waals surface area (Å²) in [5.41, 5.74) is 2.45. The summed E-state index contributed by atoms with van der Waals surface area (Å²) in [5.74, 6) is 0.179. The van der Waals surface area contributed by atoms with Gasteiger partial charge in [-0.3, -0.25) is 0 Å². The Balaban J connectivity index is 1.72. The van der Waals surface area contributed by atoms with E-state index in [4.69, 9.17) is 9.47 Å². The number of carboxylic acid groups (broad SMARTS) is 1. The number of hydrogen-bond donors (Lipinski definition) is 1. The molecule has 1 N–H and O–H groups in total. The Hall–Kier alpha value is -3.01.